The fourth-order valence-electron chi connectivity index (χ4n) is 1.17. The molecule has 0 heterocycles. The topological polar surface area (TPSA) is 12.0 Å². The van der Waals surface area contributed by atoms with Crippen molar-refractivity contribution in [3.05, 3.63) is 28.8 Å². The van der Waals surface area contributed by atoms with Crippen LogP contribution < -0.4 is 5.32 Å². The first-order chi connectivity index (χ1) is 6.24. The van der Waals surface area contributed by atoms with Crippen molar-refractivity contribution >= 4 is 17.3 Å². The summed E-state index contributed by atoms with van der Waals surface area (Å²) in [5.41, 5.74) is 2.29. The predicted octanol–water partition coefficient (Wildman–Crippen LogP) is 3.86. The van der Waals surface area contributed by atoms with Crippen molar-refractivity contribution in [2.24, 2.45) is 0 Å². The molecule has 0 atom stereocenters. The van der Waals surface area contributed by atoms with Crippen molar-refractivity contribution in [1.29, 1.82) is 0 Å². The number of hydrogen-bond donors (Lipinski definition) is 1. The zero-order chi connectivity index (χ0) is 9.68. The smallest absolute Gasteiger partial charge is 0.0637 e. The number of anilines is 1. The molecule has 0 amide bonds. The second-order valence-electron chi connectivity index (χ2n) is 3.26. The molecule has 72 valence electrons. The maximum atomic E-state index is 6.01. The normalized spacial score (nSPS) is 10.1. The van der Waals surface area contributed by atoms with Gasteiger partial charge in [0.2, 0.25) is 0 Å². The molecule has 1 N–H and O–H groups in total. The Morgan fingerprint density at radius 2 is 2.15 bits per heavy atom. The first-order valence-electron chi connectivity index (χ1n) is 4.74. The third-order valence-electron chi connectivity index (χ3n) is 1.97. The van der Waals surface area contributed by atoms with Gasteiger partial charge in [-0.3, -0.25) is 0 Å². The number of aryl methyl sites for hydroxylation is 1. The summed E-state index contributed by atoms with van der Waals surface area (Å²) in [4.78, 5) is 0. The van der Waals surface area contributed by atoms with Crippen LogP contribution in [0.3, 0.4) is 0 Å². The lowest BCUT2D eigenvalue weighted by Crippen LogP contribution is -2.01. The van der Waals surface area contributed by atoms with E-state index in [1.54, 1.807) is 0 Å². The maximum Gasteiger partial charge on any atom is 0.0637 e. The summed E-state index contributed by atoms with van der Waals surface area (Å²) in [7, 11) is 0. The van der Waals surface area contributed by atoms with E-state index < -0.39 is 0 Å². The van der Waals surface area contributed by atoms with Gasteiger partial charge in [-0.15, -0.1) is 0 Å². The predicted molar refractivity (Wildman–Crippen MR) is 59.6 cm³/mol. The number of unbranched alkanes of at least 4 members (excludes halogenated alkanes) is 1. The summed E-state index contributed by atoms with van der Waals surface area (Å²) in [5, 5.41) is 4.13. The number of rotatable bonds is 4. The zero-order valence-corrected chi connectivity index (χ0v) is 8.99. The van der Waals surface area contributed by atoms with Crippen LogP contribution in [0.4, 0.5) is 5.69 Å². The van der Waals surface area contributed by atoms with Crippen LogP contribution in [0.25, 0.3) is 0 Å². The minimum absolute atomic E-state index is 0.807. The fraction of sp³-hybridized carbons (Fsp3) is 0.455. The van der Waals surface area contributed by atoms with Crippen LogP contribution in [-0.4, -0.2) is 6.54 Å². The average Bonchev–Trinajstić information content (AvgIpc) is 2.11. The number of nitrogens with one attached hydrogen (secondary N) is 1. The largest absolute Gasteiger partial charge is 0.384 e. The van der Waals surface area contributed by atoms with Crippen molar-refractivity contribution in [3.63, 3.8) is 0 Å². The molecule has 0 aromatic heterocycles. The molecule has 1 rings (SSSR count). The highest BCUT2D eigenvalue weighted by molar-refractivity contribution is 6.33. The maximum absolute atomic E-state index is 6.01. The minimum atomic E-state index is 0.807. The van der Waals surface area contributed by atoms with Crippen LogP contribution >= 0.6 is 11.6 Å². The highest BCUT2D eigenvalue weighted by Gasteiger charge is 1.98. The van der Waals surface area contributed by atoms with Crippen LogP contribution in [0.2, 0.25) is 5.02 Å². The molecule has 0 spiro atoms. The Hall–Kier alpha value is -0.690. The Labute approximate surface area is 85.1 Å². The molecular formula is C11H16ClN. The van der Waals surface area contributed by atoms with Crippen molar-refractivity contribution in [1.82, 2.24) is 0 Å². The summed E-state index contributed by atoms with van der Waals surface area (Å²) < 4.78 is 0. The van der Waals surface area contributed by atoms with Crippen LogP contribution in [0.5, 0.6) is 0 Å². The Balaban J connectivity index is 2.59. The summed E-state index contributed by atoms with van der Waals surface area (Å²) in [6.45, 7) is 5.25. The lowest BCUT2D eigenvalue weighted by molar-refractivity contribution is 0.834. The van der Waals surface area contributed by atoms with Crippen LogP contribution in [0.1, 0.15) is 25.3 Å². The quantitative estimate of drug-likeness (QED) is 0.723. The summed E-state index contributed by atoms with van der Waals surface area (Å²) >= 11 is 6.01. The lowest BCUT2D eigenvalue weighted by Gasteiger charge is -2.08. The first kappa shape index (κ1) is 10.4. The molecule has 0 aliphatic rings. The molecule has 0 bridgehead atoms. The van der Waals surface area contributed by atoms with E-state index >= 15 is 0 Å². The zero-order valence-electron chi connectivity index (χ0n) is 8.23. The first-order valence-corrected chi connectivity index (χ1v) is 5.12. The van der Waals surface area contributed by atoms with Gasteiger partial charge >= 0.3 is 0 Å². The molecule has 0 saturated carbocycles. The van der Waals surface area contributed by atoms with Crippen LogP contribution in [-0.2, 0) is 0 Å². The van der Waals surface area contributed by atoms with E-state index in [1.165, 1.54) is 18.4 Å². The minimum Gasteiger partial charge on any atom is -0.384 e. The van der Waals surface area contributed by atoms with E-state index in [9.17, 15) is 0 Å². The molecule has 1 aromatic rings. The Morgan fingerprint density at radius 3 is 2.85 bits per heavy atom. The third kappa shape index (κ3) is 3.27. The van der Waals surface area contributed by atoms with E-state index in [-0.39, 0.29) is 0 Å². The summed E-state index contributed by atoms with van der Waals surface area (Å²) in [6.07, 6.45) is 2.39. The summed E-state index contributed by atoms with van der Waals surface area (Å²) in [6, 6.07) is 6.04. The molecular weight excluding hydrogens is 182 g/mol. The van der Waals surface area contributed by atoms with E-state index in [1.807, 2.05) is 12.1 Å². The van der Waals surface area contributed by atoms with E-state index in [4.69, 9.17) is 11.6 Å². The molecule has 1 aromatic carbocycles. The molecule has 0 unspecified atom stereocenters. The van der Waals surface area contributed by atoms with Gasteiger partial charge in [0.15, 0.2) is 0 Å². The Bertz CT molecular complexity index is 271. The Morgan fingerprint density at radius 1 is 1.38 bits per heavy atom. The molecule has 0 fully saturated rings. The van der Waals surface area contributed by atoms with Crippen LogP contribution in [0, 0.1) is 6.92 Å². The number of halogens is 1. The van der Waals surface area contributed by atoms with Gasteiger partial charge in [0.25, 0.3) is 0 Å². The van der Waals surface area contributed by atoms with Crippen molar-refractivity contribution in [2.75, 3.05) is 11.9 Å². The van der Waals surface area contributed by atoms with Crippen molar-refractivity contribution in [2.45, 2.75) is 26.7 Å². The number of benzene rings is 1. The molecule has 0 aliphatic heterocycles. The van der Waals surface area contributed by atoms with E-state index in [2.05, 4.69) is 25.2 Å². The molecule has 0 saturated heterocycles. The van der Waals surface area contributed by atoms with Gasteiger partial charge in [-0.25, -0.2) is 0 Å². The van der Waals surface area contributed by atoms with Crippen LogP contribution in [0.15, 0.2) is 18.2 Å². The van der Waals surface area contributed by atoms with Crippen molar-refractivity contribution in [3.8, 4) is 0 Å². The molecule has 1 nitrogen and oxygen atoms in total. The standard InChI is InChI=1S/C11H16ClN/c1-3-4-7-13-11-8-9(2)5-6-10(11)12/h5-6,8,13H,3-4,7H2,1-2H3. The van der Waals surface area contributed by atoms with Gasteiger partial charge < -0.3 is 5.32 Å². The second kappa shape index (κ2) is 5.13. The summed E-state index contributed by atoms with van der Waals surface area (Å²) in [5.74, 6) is 0. The van der Waals surface area contributed by atoms with E-state index in [0.29, 0.717) is 0 Å². The van der Waals surface area contributed by atoms with Crippen molar-refractivity contribution < 1.29 is 0 Å². The van der Waals surface area contributed by atoms with E-state index in [0.717, 1.165) is 17.3 Å². The Kier molecular flexibility index (Phi) is 4.10. The number of hydrogen-bond acceptors (Lipinski definition) is 1. The average molecular weight is 198 g/mol. The fourth-order valence-corrected chi connectivity index (χ4v) is 1.36. The van der Waals surface area contributed by atoms with Gasteiger partial charge in [0, 0.05) is 6.54 Å². The molecule has 2 heteroatoms. The highest BCUT2D eigenvalue weighted by Crippen LogP contribution is 2.22. The van der Waals surface area contributed by atoms with Gasteiger partial charge in [-0.05, 0) is 31.0 Å². The molecule has 13 heavy (non-hydrogen) atoms. The molecule has 0 radical (unpaired) electrons. The highest BCUT2D eigenvalue weighted by atomic mass is 35.5. The third-order valence-corrected chi connectivity index (χ3v) is 2.30. The monoisotopic (exact) mass is 197 g/mol. The van der Waals surface area contributed by atoms with Gasteiger partial charge in [0.1, 0.15) is 0 Å². The van der Waals surface area contributed by atoms with Gasteiger partial charge in [-0.2, -0.15) is 0 Å². The SMILES string of the molecule is CCCCNc1cc(C)ccc1Cl. The molecule has 0 aliphatic carbocycles. The second-order valence-corrected chi connectivity index (χ2v) is 3.67. The lowest BCUT2D eigenvalue weighted by atomic mass is 10.2. The van der Waals surface area contributed by atoms with Gasteiger partial charge in [-0.1, -0.05) is 31.0 Å². The van der Waals surface area contributed by atoms with Gasteiger partial charge in [0.05, 0.1) is 10.7 Å².